The molecule has 0 amide bonds. The van der Waals surface area contributed by atoms with Crippen LogP contribution in [0.2, 0.25) is 0 Å². The number of benzene rings is 1. The van der Waals surface area contributed by atoms with Gasteiger partial charge in [0, 0.05) is 16.8 Å². The summed E-state index contributed by atoms with van der Waals surface area (Å²) in [4.78, 5) is 2.20. The SMILES string of the molecule is CN(Cc1csc2ccccc12)C(C)(C)CO. The minimum atomic E-state index is -0.178. The third-order valence-corrected chi connectivity index (χ3v) is 4.40. The van der Waals surface area contributed by atoms with E-state index < -0.39 is 0 Å². The van der Waals surface area contributed by atoms with Gasteiger partial charge in [0.05, 0.1) is 6.61 Å². The Labute approximate surface area is 106 Å². The van der Waals surface area contributed by atoms with Gasteiger partial charge in [-0.25, -0.2) is 0 Å². The van der Waals surface area contributed by atoms with Crippen LogP contribution in [0, 0.1) is 0 Å². The molecule has 92 valence electrons. The number of aliphatic hydroxyl groups is 1. The molecule has 0 radical (unpaired) electrons. The van der Waals surface area contributed by atoms with Gasteiger partial charge in [-0.05, 0) is 43.3 Å². The largest absolute Gasteiger partial charge is 0.394 e. The van der Waals surface area contributed by atoms with Crippen molar-refractivity contribution in [3.8, 4) is 0 Å². The summed E-state index contributed by atoms with van der Waals surface area (Å²) in [7, 11) is 2.06. The first-order valence-corrected chi connectivity index (χ1v) is 6.70. The third kappa shape index (κ3) is 2.51. The van der Waals surface area contributed by atoms with Gasteiger partial charge in [0.2, 0.25) is 0 Å². The summed E-state index contributed by atoms with van der Waals surface area (Å²) in [6, 6.07) is 8.47. The van der Waals surface area contributed by atoms with Crippen LogP contribution in [0.25, 0.3) is 10.1 Å². The van der Waals surface area contributed by atoms with Crippen molar-refractivity contribution in [1.82, 2.24) is 4.90 Å². The molecule has 0 aliphatic carbocycles. The molecule has 0 atom stereocenters. The van der Waals surface area contributed by atoms with Gasteiger partial charge >= 0.3 is 0 Å². The second-order valence-electron chi connectivity index (χ2n) is 5.08. The molecule has 0 spiro atoms. The van der Waals surface area contributed by atoms with Crippen LogP contribution in [0.4, 0.5) is 0 Å². The minimum absolute atomic E-state index is 0.172. The monoisotopic (exact) mass is 249 g/mol. The van der Waals surface area contributed by atoms with Crippen molar-refractivity contribution in [3.63, 3.8) is 0 Å². The van der Waals surface area contributed by atoms with E-state index in [-0.39, 0.29) is 12.1 Å². The molecule has 3 heteroatoms. The molecule has 2 nitrogen and oxygen atoms in total. The molecule has 0 bridgehead atoms. The minimum Gasteiger partial charge on any atom is -0.394 e. The van der Waals surface area contributed by atoms with E-state index in [0.29, 0.717) is 0 Å². The Morgan fingerprint density at radius 3 is 2.71 bits per heavy atom. The van der Waals surface area contributed by atoms with E-state index in [4.69, 9.17) is 0 Å². The van der Waals surface area contributed by atoms with Crippen molar-refractivity contribution in [2.24, 2.45) is 0 Å². The van der Waals surface area contributed by atoms with Gasteiger partial charge in [0.1, 0.15) is 0 Å². The highest BCUT2D eigenvalue weighted by atomic mass is 32.1. The first-order chi connectivity index (χ1) is 8.04. The van der Waals surface area contributed by atoms with Crippen LogP contribution in [-0.4, -0.2) is 29.2 Å². The smallest absolute Gasteiger partial charge is 0.0610 e. The number of rotatable bonds is 4. The van der Waals surface area contributed by atoms with Crippen molar-refractivity contribution >= 4 is 21.4 Å². The fourth-order valence-corrected chi connectivity index (χ4v) is 2.70. The second kappa shape index (κ2) is 4.77. The van der Waals surface area contributed by atoms with E-state index in [1.54, 1.807) is 11.3 Å². The second-order valence-corrected chi connectivity index (χ2v) is 5.99. The van der Waals surface area contributed by atoms with Gasteiger partial charge in [-0.1, -0.05) is 18.2 Å². The summed E-state index contributed by atoms with van der Waals surface area (Å²) in [6.07, 6.45) is 0. The maximum atomic E-state index is 9.37. The number of hydrogen-bond donors (Lipinski definition) is 1. The van der Waals surface area contributed by atoms with Crippen LogP contribution in [0.3, 0.4) is 0 Å². The lowest BCUT2D eigenvalue weighted by molar-refractivity contribution is 0.0738. The number of hydrogen-bond acceptors (Lipinski definition) is 3. The van der Waals surface area contributed by atoms with Crippen LogP contribution in [-0.2, 0) is 6.54 Å². The van der Waals surface area contributed by atoms with E-state index in [1.807, 2.05) is 0 Å². The van der Waals surface area contributed by atoms with Crippen LogP contribution < -0.4 is 0 Å². The zero-order valence-corrected chi connectivity index (χ0v) is 11.4. The Bertz CT molecular complexity index is 504. The molecular formula is C14H19NOS. The zero-order valence-electron chi connectivity index (χ0n) is 10.6. The molecule has 0 unspecified atom stereocenters. The fourth-order valence-electron chi connectivity index (χ4n) is 1.75. The number of aliphatic hydroxyl groups excluding tert-OH is 1. The first-order valence-electron chi connectivity index (χ1n) is 5.82. The predicted molar refractivity (Wildman–Crippen MR) is 74.5 cm³/mol. The lowest BCUT2D eigenvalue weighted by Crippen LogP contribution is -2.43. The van der Waals surface area contributed by atoms with Crippen LogP contribution in [0.5, 0.6) is 0 Å². The molecule has 1 heterocycles. The summed E-state index contributed by atoms with van der Waals surface area (Å²) in [6.45, 7) is 5.16. The van der Waals surface area contributed by atoms with Gasteiger partial charge in [-0.2, -0.15) is 0 Å². The van der Waals surface area contributed by atoms with Crippen molar-refractivity contribution in [3.05, 3.63) is 35.2 Å². The summed E-state index contributed by atoms with van der Waals surface area (Å²) in [5.74, 6) is 0. The van der Waals surface area contributed by atoms with E-state index in [2.05, 4.69) is 55.4 Å². The van der Waals surface area contributed by atoms with Crippen LogP contribution in [0.15, 0.2) is 29.6 Å². The van der Waals surface area contributed by atoms with Gasteiger partial charge in [0.25, 0.3) is 0 Å². The molecule has 1 N–H and O–H groups in total. The lowest BCUT2D eigenvalue weighted by Gasteiger charge is -2.33. The predicted octanol–water partition coefficient (Wildman–Crippen LogP) is 3.10. The molecule has 0 saturated heterocycles. The molecule has 2 aromatic rings. The Kier molecular flexibility index (Phi) is 3.52. The fraction of sp³-hybridized carbons (Fsp3) is 0.429. The topological polar surface area (TPSA) is 23.5 Å². The summed E-state index contributed by atoms with van der Waals surface area (Å²) >= 11 is 1.78. The van der Waals surface area contributed by atoms with Crippen LogP contribution in [0.1, 0.15) is 19.4 Å². The molecular weight excluding hydrogens is 230 g/mol. The molecule has 17 heavy (non-hydrogen) atoms. The lowest BCUT2D eigenvalue weighted by atomic mass is 10.0. The average molecular weight is 249 g/mol. The Morgan fingerprint density at radius 1 is 1.29 bits per heavy atom. The van der Waals surface area contributed by atoms with Gasteiger partial charge in [-0.3, -0.25) is 4.90 Å². The Morgan fingerprint density at radius 2 is 2.00 bits per heavy atom. The van der Waals surface area contributed by atoms with Gasteiger partial charge < -0.3 is 5.11 Å². The average Bonchev–Trinajstić information content (AvgIpc) is 2.73. The molecule has 0 aliphatic heterocycles. The molecule has 0 saturated carbocycles. The van der Waals surface area contributed by atoms with E-state index in [9.17, 15) is 5.11 Å². The molecule has 0 aliphatic rings. The van der Waals surface area contributed by atoms with Crippen LogP contribution >= 0.6 is 11.3 Å². The Balaban J connectivity index is 2.24. The summed E-state index contributed by atoms with van der Waals surface area (Å²) in [5.41, 5.74) is 1.16. The zero-order chi connectivity index (χ0) is 12.5. The third-order valence-electron chi connectivity index (χ3n) is 3.39. The van der Waals surface area contributed by atoms with Crippen molar-refractivity contribution < 1.29 is 5.11 Å². The maximum absolute atomic E-state index is 9.37. The number of likely N-dealkylation sites (N-methyl/N-ethyl adjacent to an activating group) is 1. The molecule has 2 rings (SSSR count). The highest BCUT2D eigenvalue weighted by Gasteiger charge is 2.22. The van der Waals surface area contributed by atoms with Gasteiger partial charge in [0.15, 0.2) is 0 Å². The Hall–Kier alpha value is -0.900. The van der Waals surface area contributed by atoms with Crippen molar-refractivity contribution in [2.45, 2.75) is 25.9 Å². The first kappa shape index (κ1) is 12.6. The number of nitrogens with zero attached hydrogens (tertiary/aromatic N) is 1. The summed E-state index contributed by atoms with van der Waals surface area (Å²) in [5, 5.41) is 12.9. The van der Waals surface area contributed by atoms with E-state index >= 15 is 0 Å². The molecule has 0 fully saturated rings. The highest BCUT2D eigenvalue weighted by Crippen LogP contribution is 2.27. The summed E-state index contributed by atoms with van der Waals surface area (Å²) < 4.78 is 1.33. The standard InChI is InChI=1S/C14H19NOS/c1-14(2,10-16)15(3)8-11-9-17-13-7-5-4-6-12(11)13/h4-7,9,16H,8,10H2,1-3H3. The quantitative estimate of drug-likeness (QED) is 0.900. The number of fused-ring (bicyclic) bond motifs is 1. The molecule has 1 aromatic heterocycles. The van der Waals surface area contributed by atoms with Crippen molar-refractivity contribution in [2.75, 3.05) is 13.7 Å². The normalized spacial score (nSPS) is 12.5. The number of thiophene rings is 1. The van der Waals surface area contributed by atoms with E-state index in [0.717, 1.165) is 6.54 Å². The highest BCUT2D eigenvalue weighted by molar-refractivity contribution is 7.17. The molecule has 1 aromatic carbocycles. The van der Waals surface area contributed by atoms with E-state index in [1.165, 1.54) is 15.6 Å². The van der Waals surface area contributed by atoms with Gasteiger partial charge in [-0.15, -0.1) is 11.3 Å². The van der Waals surface area contributed by atoms with Crippen molar-refractivity contribution in [1.29, 1.82) is 0 Å². The maximum Gasteiger partial charge on any atom is 0.0610 e.